The lowest BCUT2D eigenvalue weighted by Crippen LogP contribution is -2.49. The quantitative estimate of drug-likeness (QED) is 0.897. The van der Waals surface area contributed by atoms with Crippen molar-refractivity contribution in [2.24, 2.45) is 0 Å². The molecule has 0 spiro atoms. The fourth-order valence-corrected chi connectivity index (χ4v) is 2.83. The summed E-state index contributed by atoms with van der Waals surface area (Å²) in [4.78, 5) is 15.3. The third-order valence-corrected chi connectivity index (χ3v) is 4.25. The van der Waals surface area contributed by atoms with Crippen LogP contribution in [0.5, 0.6) is 0 Å². The molecule has 18 heavy (non-hydrogen) atoms. The fourth-order valence-electron chi connectivity index (χ4n) is 1.98. The van der Waals surface area contributed by atoms with Gasteiger partial charge in [-0.05, 0) is 30.9 Å². The Morgan fingerprint density at radius 3 is 2.89 bits per heavy atom. The average molecular weight is 268 g/mol. The van der Waals surface area contributed by atoms with E-state index in [0.717, 1.165) is 6.54 Å². The van der Waals surface area contributed by atoms with Gasteiger partial charge in [0.05, 0.1) is 19.3 Å². The number of carbonyl (C=O) groups is 1. The highest BCUT2D eigenvalue weighted by Crippen LogP contribution is 2.15. The van der Waals surface area contributed by atoms with E-state index in [1.165, 1.54) is 10.4 Å². The third kappa shape index (κ3) is 3.31. The number of amides is 1. The van der Waals surface area contributed by atoms with Crippen LogP contribution >= 0.6 is 11.3 Å². The predicted molar refractivity (Wildman–Crippen MR) is 72.8 cm³/mol. The van der Waals surface area contributed by atoms with Gasteiger partial charge in [0.25, 0.3) is 0 Å². The first-order valence-corrected chi connectivity index (χ1v) is 7.19. The second-order valence-electron chi connectivity index (χ2n) is 4.57. The standard InChI is InChI=1S/C13H20N2O2S/c1-10-3-8-18-12(10)9-14-11(2)13(16)15-4-6-17-7-5-15/h3,8,11,14H,4-7,9H2,1-2H3. The number of morpholine rings is 1. The van der Waals surface area contributed by atoms with E-state index < -0.39 is 0 Å². The molecule has 0 saturated carbocycles. The van der Waals surface area contributed by atoms with Crippen molar-refractivity contribution in [3.63, 3.8) is 0 Å². The normalized spacial score (nSPS) is 17.8. The molecule has 100 valence electrons. The van der Waals surface area contributed by atoms with Crippen molar-refractivity contribution in [3.05, 3.63) is 21.9 Å². The number of hydrogen-bond donors (Lipinski definition) is 1. The highest BCUT2D eigenvalue weighted by atomic mass is 32.1. The molecule has 1 aromatic rings. The van der Waals surface area contributed by atoms with Gasteiger partial charge in [-0.2, -0.15) is 0 Å². The van der Waals surface area contributed by atoms with Crippen LogP contribution in [-0.2, 0) is 16.1 Å². The average Bonchev–Trinajstić information content (AvgIpc) is 2.81. The fraction of sp³-hybridized carbons (Fsp3) is 0.615. The zero-order valence-corrected chi connectivity index (χ0v) is 11.8. The maximum atomic E-state index is 12.2. The third-order valence-electron chi connectivity index (χ3n) is 3.23. The monoisotopic (exact) mass is 268 g/mol. The molecule has 1 amide bonds. The minimum atomic E-state index is -0.135. The molecule has 0 aromatic carbocycles. The topological polar surface area (TPSA) is 41.6 Å². The molecule has 2 rings (SSSR count). The number of carbonyl (C=O) groups excluding carboxylic acids is 1. The van der Waals surface area contributed by atoms with Crippen molar-refractivity contribution in [2.75, 3.05) is 26.3 Å². The van der Waals surface area contributed by atoms with Crippen molar-refractivity contribution in [1.82, 2.24) is 10.2 Å². The molecule has 1 fully saturated rings. The molecule has 1 aliphatic rings. The van der Waals surface area contributed by atoms with Gasteiger partial charge in [0, 0.05) is 24.5 Å². The van der Waals surface area contributed by atoms with Crippen LogP contribution in [0.4, 0.5) is 0 Å². The smallest absolute Gasteiger partial charge is 0.239 e. The maximum absolute atomic E-state index is 12.2. The molecule has 1 unspecified atom stereocenters. The number of thiophene rings is 1. The Labute approximate surface area is 112 Å². The molecule has 0 aliphatic carbocycles. The summed E-state index contributed by atoms with van der Waals surface area (Å²) < 4.78 is 5.25. The van der Waals surface area contributed by atoms with E-state index >= 15 is 0 Å². The highest BCUT2D eigenvalue weighted by Gasteiger charge is 2.22. The van der Waals surface area contributed by atoms with Crippen LogP contribution < -0.4 is 5.32 Å². The van der Waals surface area contributed by atoms with Crippen LogP contribution in [0.2, 0.25) is 0 Å². The van der Waals surface area contributed by atoms with Gasteiger partial charge in [-0.3, -0.25) is 4.79 Å². The molecular formula is C13H20N2O2S. The molecule has 1 aliphatic heterocycles. The van der Waals surface area contributed by atoms with Gasteiger partial charge in [-0.25, -0.2) is 0 Å². The second-order valence-corrected chi connectivity index (χ2v) is 5.57. The Kier molecular flexibility index (Phi) is 4.74. The van der Waals surface area contributed by atoms with E-state index in [2.05, 4.69) is 23.7 Å². The Bertz CT molecular complexity index is 399. The first-order chi connectivity index (χ1) is 8.68. The number of rotatable bonds is 4. The summed E-state index contributed by atoms with van der Waals surface area (Å²) in [6.45, 7) is 7.53. The minimum absolute atomic E-state index is 0.135. The van der Waals surface area contributed by atoms with Crippen LogP contribution in [0.25, 0.3) is 0 Å². The van der Waals surface area contributed by atoms with Gasteiger partial charge in [-0.1, -0.05) is 0 Å². The number of ether oxygens (including phenoxy) is 1. The summed E-state index contributed by atoms with van der Waals surface area (Å²) in [7, 11) is 0. The van der Waals surface area contributed by atoms with Crippen LogP contribution in [-0.4, -0.2) is 43.2 Å². The van der Waals surface area contributed by atoms with Crippen LogP contribution in [0.3, 0.4) is 0 Å². The zero-order chi connectivity index (χ0) is 13.0. The molecule has 4 nitrogen and oxygen atoms in total. The van der Waals surface area contributed by atoms with Crippen molar-refractivity contribution in [1.29, 1.82) is 0 Å². The van der Waals surface area contributed by atoms with Gasteiger partial charge in [0.15, 0.2) is 0 Å². The number of nitrogens with one attached hydrogen (secondary N) is 1. The largest absolute Gasteiger partial charge is 0.378 e. The summed E-state index contributed by atoms with van der Waals surface area (Å²) in [5.41, 5.74) is 1.29. The summed E-state index contributed by atoms with van der Waals surface area (Å²) in [6.07, 6.45) is 0. The van der Waals surface area contributed by atoms with Crippen molar-refractivity contribution >= 4 is 17.2 Å². The van der Waals surface area contributed by atoms with Crippen molar-refractivity contribution < 1.29 is 9.53 Å². The molecular weight excluding hydrogens is 248 g/mol. The van der Waals surface area contributed by atoms with Crippen molar-refractivity contribution in [3.8, 4) is 0 Å². The number of aryl methyl sites for hydroxylation is 1. The SMILES string of the molecule is Cc1ccsc1CNC(C)C(=O)N1CCOCC1. The summed E-state index contributed by atoms with van der Waals surface area (Å²) in [6, 6.07) is 1.97. The van der Waals surface area contributed by atoms with E-state index in [9.17, 15) is 4.79 Å². The van der Waals surface area contributed by atoms with Gasteiger partial charge in [0.1, 0.15) is 0 Å². The maximum Gasteiger partial charge on any atom is 0.239 e. The van der Waals surface area contributed by atoms with Crippen LogP contribution in [0, 0.1) is 6.92 Å². The van der Waals surface area contributed by atoms with E-state index in [4.69, 9.17) is 4.74 Å². The van der Waals surface area contributed by atoms with E-state index in [1.54, 1.807) is 11.3 Å². The molecule has 1 N–H and O–H groups in total. The molecule has 1 aromatic heterocycles. The molecule has 2 heterocycles. The summed E-state index contributed by atoms with van der Waals surface area (Å²) >= 11 is 1.73. The highest BCUT2D eigenvalue weighted by molar-refractivity contribution is 7.10. The Morgan fingerprint density at radius 2 is 2.28 bits per heavy atom. The summed E-state index contributed by atoms with van der Waals surface area (Å²) in [5.74, 6) is 0.174. The van der Waals surface area contributed by atoms with E-state index in [1.807, 2.05) is 11.8 Å². The molecule has 5 heteroatoms. The lowest BCUT2D eigenvalue weighted by atomic mass is 10.2. The number of hydrogen-bond acceptors (Lipinski definition) is 4. The van der Waals surface area contributed by atoms with Gasteiger partial charge in [0.2, 0.25) is 5.91 Å². The van der Waals surface area contributed by atoms with Gasteiger partial charge < -0.3 is 15.0 Å². The zero-order valence-electron chi connectivity index (χ0n) is 10.9. The van der Waals surface area contributed by atoms with Gasteiger partial charge >= 0.3 is 0 Å². The second kappa shape index (κ2) is 6.31. The Hall–Kier alpha value is -0.910. The summed E-state index contributed by atoms with van der Waals surface area (Å²) in [5, 5.41) is 5.39. The first-order valence-electron chi connectivity index (χ1n) is 6.31. The molecule has 0 bridgehead atoms. The number of nitrogens with zero attached hydrogens (tertiary/aromatic N) is 1. The predicted octanol–water partition coefficient (Wildman–Crippen LogP) is 1.39. The first kappa shape index (κ1) is 13.5. The Balaban J connectivity index is 1.82. The molecule has 0 radical (unpaired) electrons. The Morgan fingerprint density at radius 1 is 1.56 bits per heavy atom. The lowest BCUT2D eigenvalue weighted by Gasteiger charge is -2.29. The minimum Gasteiger partial charge on any atom is -0.378 e. The van der Waals surface area contributed by atoms with Crippen molar-refractivity contribution in [2.45, 2.75) is 26.4 Å². The van der Waals surface area contributed by atoms with Crippen LogP contribution in [0.1, 0.15) is 17.4 Å². The lowest BCUT2D eigenvalue weighted by molar-refractivity contribution is -0.137. The molecule has 1 atom stereocenters. The molecule has 1 saturated heterocycles. The van der Waals surface area contributed by atoms with E-state index in [-0.39, 0.29) is 11.9 Å². The van der Waals surface area contributed by atoms with Gasteiger partial charge in [-0.15, -0.1) is 11.3 Å². The van der Waals surface area contributed by atoms with E-state index in [0.29, 0.717) is 26.3 Å². The van der Waals surface area contributed by atoms with Crippen LogP contribution in [0.15, 0.2) is 11.4 Å².